The van der Waals surface area contributed by atoms with E-state index in [1.807, 2.05) is 17.0 Å². The van der Waals surface area contributed by atoms with Crippen molar-refractivity contribution in [1.29, 1.82) is 0 Å². The van der Waals surface area contributed by atoms with Gasteiger partial charge in [0, 0.05) is 25.6 Å². The number of hydrogen-bond acceptors (Lipinski definition) is 2. The lowest BCUT2D eigenvalue weighted by molar-refractivity contribution is -0.119. The summed E-state index contributed by atoms with van der Waals surface area (Å²) < 4.78 is 0. The van der Waals surface area contributed by atoms with Gasteiger partial charge in [0.15, 0.2) is 0 Å². The highest BCUT2D eigenvalue weighted by molar-refractivity contribution is 5.92. The molecule has 1 saturated heterocycles. The normalized spacial score (nSPS) is 22.1. The summed E-state index contributed by atoms with van der Waals surface area (Å²) in [5.41, 5.74) is 3.42. The maximum atomic E-state index is 11.6. The third-order valence-electron chi connectivity index (χ3n) is 4.00. The Morgan fingerprint density at radius 1 is 1.37 bits per heavy atom. The molecule has 2 aliphatic heterocycles. The first-order chi connectivity index (χ1) is 9.15. The van der Waals surface area contributed by atoms with Crippen LogP contribution in [0.15, 0.2) is 18.2 Å². The van der Waals surface area contributed by atoms with E-state index in [-0.39, 0.29) is 17.9 Å². The molecule has 0 radical (unpaired) electrons. The highest BCUT2D eigenvalue weighted by Gasteiger charge is 2.25. The largest absolute Gasteiger partial charge is 0.349 e. The molecule has 1 fully saturated rings. The van der Waals surface area contributed by atoms with Crippen molar-refractivity contribution in [3.05, 3.63) is 29.3 Å². The fourth-order valence-electron chi connectivity index (χ4n) is 3.02. The third-order valence-corrected chi connectivity index (χ3v) is 4.00. The fourth-order valence-corrected chi connectivity index (χ4v) is 3.02. The van der Waals surface area contributed by atoms with Crippen molar-refractivity contribution >= 4 is 17.5 Å². The Bertz CT molecular complexity index is 539. The number of aryl methyl sites for hydroxylation is 1. The van der Waals surface area contributed by atoms with Gasteiger partial charge in [0.25, 0.3) is 0 Å². The molecule has 1 N–H and O–H groups in total. The quantitative estimate of drug-likeness (QED) is 0.837. The Hall–Kier alpha value is -1.84. The Labute approximate surface area is 112 Å². The molecule has 1 unspecified atom stereocenters. The molecule has 3 rings (SSSR count). The second kappa shape index (κ2) is 4.68. The lowest BCUT2D eigenvalue weighted by Crippen LogP contribution is -2.33. The Balaban J connectivity index is 1.91. The zero-order valence-corrected chi connectivity index (χ0v) is 11.1. The molecule has 19 heavy (non-hydrogen) atoms. The van der Waals surface area contributed by atoms with Crippen molar-refractivity contribution in [2.24, 2.45) is 0 Å². The molecule has 2 aliphatic rings. The number of amides is 2. The minimum Gasteiger partial charge on any atom is -0.349 e. The molecule has 0 spiro atoms. The summed E-state index contributed by atoms with van der Waals surface area (Å²) >= 11 is 0. The fraction of sp³-hybridized carbons (Fsp3) is 0.467. The van der Waals surface area contributed by atoms with Crippen LogP contribution < -0.4 is 10.2 Å². The minimum atomic E-state index is 0.0999. The zero-order chi connectivity index (χ0) is 13.4. The van der Waals surface area contributed by atoms with Gasteiger partial charge < -0.3 is 10.2 Å². The van der Waals surface area contributed by atoms with Gasteiger partial charge in [-0.25, -0.2) is 0 Å². The van der Waals surface area contributed by atoms with Crippen LogP contribution in [0.25, 0.3) is 0 Å². The van der Waals surface area contributed by atoms with Gasteiger partial charge in [-0.15, -0.1) is 0 Å². The Morgan fingerprint density at radius 3 is 2.89 bits per heavy atom. The van der Waals surface area contributed by atoms with E-state index in [1.54, 1.807) is 6.92 Å². The average Bonchev–Trinajstić information content (AvgIpc) is 2.84. The van der Waals surface area contributed by atoms with Crippen molar-refractivity contribution < 1.29 is 9.59 Å². The van der Waals surface area contributed by atoms with E-state index < -0.39 is 0 Å². The van der Waals surface area contributed by atoms with Crippen LogP contribution >= 0.6 is 0 Å². The van der Waals surface area contributed by atoms with E-state index in [9.17, 15) is 9.59 Å². The summed E-state index contributed by atoms with van der Waals surface area (Å²) in [6, 6.07) is 6.36. The summed E-state index contributed by atoms with van der Waals surface area (Å²) in [4.78, 5) is 24.8. The monoisotopic (exact) mass is 258 g/mol. The predicted molar refractivity (Wildman–Crippen MR) is 72.9 cm³/mol. The first kappa shape index (κ1) is 12.2. The standard InChI is InChI=1S/C15H18N2O2/c1-10(18)17-8-2-3-12-9-11(4-6-14(12)17)13-5-7-15(19)16-13/h4,6,9,13H,2-3,5,7-8H2,1H3,(H,16,19). The first-order valence-electron chi connectivity index (χ1n) is 6.85. The predicted octanol–water partition coefficient (Wildman–Crippen LogP) is 1.94. The van der Waals surface area contributed by atoms with Crippen LogP contribution in [0.1, 0.15) is 43.4 Å². The molecule has 100 valence electrons. The number of carbonyl (C=O) groups is 2. The van der Waals surface area contributed by atoms with Crippen LogP contribution in [0.4, 0.5) is 5.69 Å². The number of benzene rings is 1. The van der Waals surface area contributed by atoms with Gasteiger partial charge in [-0.1, -0.05) is 12.1 Å². The van der Waals surface area contributed by atoms with E-state index in [2.05, 4.69) is 11.4 Å². The first-order valence-corrected chi connectivity index (χ1v) is 6.85. The maximum Gasteiger partial charge on any atom is 0.223 e. The molecule has 1 aromatic carbocycles. The highest BCUT2D eigenvalue weighted by atomic mass is 16.2. The number of hydrogen-bond donors (Lipinski definition) is 1. The lowest BCUT2D eigenvalue weighted by atomic mass is 9.96. The molecule has 0 aliphatic carbocycles. The van der Waals surface area contributed by atoms with Crippen LogP contribution in [0.3, 0.4) is 0 Å². The topological polar surface area (TPSA) is 49.4 Å². The van der Waals surface area contributed by atoms with Crippen LogP contribution in [-0.2, 0) is 16.0 Å². The van der Waals surface area contributed by atoms with Crippen molar-refractivity contribution in [1.82, 2.24) is 5.32 Å². The molecular weight excluding hydrogens is 240 g/mol. The zero-order valence-electron chi connectivity index (χ0n) is 11.1. The molecule has 1 aromatic rings. The van der Waals surface area contributed by atoms with Crippen molar-refractivity contribution in [2.75, 3.05) is 11.4 Å². The smallest absolute Gasteiger partial charge is 0.223 e. The summed E-state index contributed by atoms with van der Waals surface area (Å²) in [6.07, 6.45) is 3.50. The van der Waals surface area contributed by atoms with E-state index >= 15 is 0 Å². The van der Waals surface area contributed by atoms with Crippen molar-refractivity contribution in [3.63, 3.8) is 0 Å². The lowest BCUT2D eigenvalue weighted by Gasteiger charge is -2.29. The number of anilines is 1. The second-order valence-corrected chi connectivity index (χ2v) is 5.32. The summed E-state index contributed by atoms with van der Waals surface area (Å²) in [5, 5.41) is 2.99. The molecule has 2 heterocycles. The van der Waals surface area contributed by atoms with E-state index in [4.69, 9.17) is 0 Å². The van der Waals surface area contributed by atoms with Gasteiger partial charge in [-0.2, -0.15) is 0 Å². The van der Waals surface area contributed by atoms with Crippen molar-refractivity contribution in [2.45, 2.75) is 38.6 Å². The molecular formula is C15H18N2O2. The average molecular weight is 258 g/mol. The third kappa shape index (κ3) is 2.23. The van der Waals surface area contributed by atoms with Crippen LogP contribution in [-0.4, -0.2) is 18.4 Å². The second-order valence-electron chi connectivity index (χ2n) is 5.32. The molecule has 0 aromatic heterocycles. The molecule has 0 saturated carbocycles. The molecule has 2 amide bonds. The van der Waals surface area contributed by atoms with Gasteiger partial charge in [-0.3, -0.25) is 9.59 Å². The van der Waals surface area contributed by atoms with Gasteiger partial charge in [0.2, 0.25) is 11.8 Å². The van der Waals surface area contributed by atoms with Crippen LogP contribution in [0.5, 0.6) is 0 Å². The number of carbonyl (C=O) groups excluding carboxylic acids is 2. The van der Waals surface area contributed by atoms with E-state index in [1.165, 1.54) is 5.56 Å². The summed E-state index contributed by atoms with van der Waals surface area (Å²) in [6.45, 7) is 2.42. The Morgan fingerprint density at radius 2 is 2.21 bits per heavy atom. The van der Waals surface area contributed by atoms with Gasteiger partial charge in [0.05, 0.1) is 6.04 Å². The van der Waals surface area contributed by atoms with Gasteiger partial charge in [-0.05, 0) is 36.5 Å². The summed E-state index contributed by atoms with van der Waals surface area (Å²) in [7, 11) is 0. The Kier molecular flexibility index (Phi) is 3.01. The SMILES string of the molecule is CC(=O)N1CCCc2cc(C3CCC(=O)N3)ccc21. The molecule has 0 bridgehead atoms. The highest BCUT2D eigenvalue weighted by Crippen LogP contribution is 2.32. The van der Waals surface area contributed by atoms with Crippen LogP contribution in [0, 0.1) is 0 Å². The number of rotatable bonds is 1. The van der Waals surface area contributed by atoms with Gasteiger partial charge >= 0.3 is 0 Å². The number of fused-ring (bicyclic) bond motifs is 1. The van der Waals surface area contributed by atoms with E-state index in [0.29, 0.717) is 6.42 Å². The minimum absolute atomic E-state index is 0.0999. The van der Waals surface area contributed by atoms with Gasteiger partial charge in [0.1, 0.15) is 0 Å². The van der Waals surface area contributed by atoms with Crippen molar-refractivity contribution in [3.8, 4) is 0 Å². The number of nitrogens with one attached hydrogen (secondary N) is 1. The molecule has 1 atom stereocenters. The molecule has 4 heteroatoms. The van der Waals surface area contributed by atoms with Crippen LogP contribution in [0.2, 0.25) is 0 Å². The maximum absolute atomic E-state index is 11.6. The van der Waals surface area contributed by atoms with E-state index in [0.717, 1.165) is 37.1 Å². The molecule has 4 nitrogen and oxygen atoms in total. The number of nitrogens with zero attached hydrogens (tertiary/aromatic N) is 1. The summed E-state index contributed by atoms with van der Waals surface area (Å²) in [5.74, 6) is 0.232.